The number of benzene rings is 1. The Bertz CT molecular complexity index is 596. The SMILES string of the molecule is NC(C(=O)N(Cc1cccnc1)C1CC1)c1ccccc1. The first-order valence-electron chi connectivity index (χ1n) is 7.25. The molecule has 1 atom stereocenters. The summed E-state index contributed by atoms with van der Waals surface area (Å²) in [5, 5.41) is 0. The molecule has 0 saturated heterocycles. The summed E-state index contributed by atoms with van der Waals surface area (Å²) in [6.45, 7) is 0.581. The zero-order valence-electron chi connectivity index (χ0n) is 11.9. The van der Waals surface area contributed by atoms with Gasteiger partial charge in [0.15, 0.2) is 0 Å². The van der Waals surface area contributed by atoms with E-state index in [4.69, 9.17) is 5.73 Å². The average Bonchev–Trinajstić information content (AvgIpc) is 3.38. The molecule has 1 saturated carbocycles. The van der Waals surface area contributed by atoms with E-state index in [0.717, 1.165) is 24.0 Å². The number of aromatic nitrogens is 1. The van der Waals surface area contributed by atoms with E-state index >= 15 is 0 Å². The van der Waals surface area contributed by atoms with E-state index in [1.165, 1.54) is 0 Å². The van der Waals surface area contributed by atoms with Gasteiger partial charge in [-0.05, 0) is 30.0 Å². The number of rotatable bonds is 5. The summed E-state index contributed by atoms with van der Waals surface area (Å²) in [5.74, 6) is -0.00690. The normalized spacial score (nSPS) is 15.5. The molecule has 1 unspecified atom stereocenters. The van der Waals surface area contributed by atoms with Gasteiger partial charge in [0.2, 0.25) is 5.91 Å². The van der Waals surface area contributed by atoms with Crippen LogP contribution in [0.25, 0.3) is 0 Å². The highest BCUT2D eigenvalue weighted by Crippen LogP contribution is 2.30. The minimum atomic E-state index is -0.594. The molecule has 0 bridgehead atoms. The molecule has 1 aliphatic rings. The van der Waals surface area contributed by atoms with Gasteiger partial charge < -0.3 is 10.6 Å². The Morgan fingerprint density at radius 3 is 2.62 bits per heavy atom. The average molecular weight is 281 g/mol. The monoisotopic (exact) mass is 281 g/mol. The molecule has 1 fully saturated rings. The van der Waals surface area contributed by atoms with Gasteiger partial charge in [0.05, 0.1) is 0 Å². The Balaban J connectivity index is 1.76. The summed E-state index contributed by atoms with van der Waals surface area (Å²) >= 11 is 0. The lowest BCUT2D eigenvalue weighted by atomic mass is 10.1. The first-order valence-corrected chi connectivity index (χ1v) is 7.25. The molecule has 2 aromatic rings. The third-order valence-electron chi connectivity index (χ3n) is 3.77. The molecule has 0 aliphatic heterocycles. The van der Waals surface area contributed by atoms with Gasteiger partial charge in [0, 0.05) is 25.0 Å². The fourth-order valence-electron chi connectivity index (χ4n) is 2.44. The van der Waals surface area contributed by atoms with Crippen LogP contribution in [0.4, 0.5) is 0 Å². The van der Waals surface area contributed by atoms with Gasteiger partial charge >= 0.3 is 0 Å². The molecule has 2 N–H and O–H groups in total. The zero-order chi connectivity index (χ0) is 14.7. The number of nitrogens with two attached hydrogens (primary N) is 1. The van der Waals surface area contributed by atoms with Crippen molar-refractivity contribution in [3.8, 4) is 0 Å². The van der Waals surface area contributed by atoms with Gasteiger partial charge in [-0.1, -0.05) is 36.4 Å². The summed E-state index contributed by atoms with van der Waals surface area (Å²) in [6.07, 6.45) is 5.67. The van der Waals surface area contributed by atoms with Gasteiger partial charge in [-0.25, -0.2) is 0 Å². The number of carbonyl (C=O) groups excluding carboxylic acids is 1. The fraction of sp³-hybridized carbons (Fsp3) is 0.294. The number of hydrogen-bond acceptors (Lipinski definition) is 3. The molecule has 1 aliphatic carbocycles. The van der Waals surface area contributed by atoms with Crippen molar-refractivity contribution in [3.63, 3.8) is 0 Å². The fourth-order valence-corrected chi connectivity index (χ4v) is 2.44. The van der Waals surface area contributed by atoms with E-state index in [1.807, 2.05) is 47.4 Å². The molecule has 4 nitrogen and oxygen atoms in total. The number of carbonyl (C=O) groups is 1. The van der Waals surface area contributed by atoms with Crippen LogP contribution in [0.2, 0.25) is 0 Å². The van der Waals surface area contributed by atoms with Crippen LogP contribution in [-0.4, -0.2) is 21.8 Å². The molecule has 0 spiro atoms. The lowest BCUT2D eigenvalue weighted by Gasteiger charge is -2.26. The molecular weight excluding hydrogens is 262 g/mol. The topological polar surface area (TPSA) is 59.2 Å². The van der Waals surface area contributed by atoms with Crippen molar-refractivity contribution in [3.05, 3.63) is 66.0 Å². The van der Waals surface area contributed by atoms with Crippen molar-refractivity contribution >= 4 is 5.91 Å². The maximum Gasteiger partial charge on any atom is 0.244 e. The predicted molar refractivity (Wildman–Crippen MR) is 81.2 cm³/mol. The number of hydrogen-bond donors (Lipinski definition) is 1. The highest BCUT2D eigenvalue weighted by molar-refractivity contribution is 5.83. The molecule has 3 rings (SSSR count). The van der Waals surface area contributed by atoms with Crippen molar-refractivity contribution in [1.29, 1.82) is 0 Å². The minimum Gasteiger partial charge on any atom is -0.334 e. The molecule has 0 radical (unpaired) electrons. The van der Waals surface area contributed by atoms with Crippen molar-refractivity contribution < 1.29 is 4.79 Å². The summed E-state index contributed by atoms with van der Waals surface area (Å²) in [4.78, 5) is 18.7. The van der Waals surface area contributed by atoms with Gasteiger partial charge in [0.25, 0.3) is 0 Å². The summed E-state index contributed by atoms with van der Waals surface area (Å²) in [5.41, 5.74) is 8.05. The second-order valence-corrected chi connectivity index (χ2v) is 5.45. The first-order chi connectivity index (χ1) is 10.3. The smallest absolute Gasteiger partial charge is 0.244 e. The van der Waals surface area contributed by atoms with Crippen LogP contribution in [0, 0.1) is 0 Å². The Kier molecular flexibility index (Phi) is 3.97. The van der Waals surface area contributed by atoms with E-state index < -0.39 is 6.04 Å². The summed E-state index contributed by atoms with van der Waals surface area (Å²) < 4.78 is 0. The molecular formula is C17H19N3O. The summed E-state index contributed by atoms with van der Waals surface area (Å²) in [7, 11) is 0. The lowest BCUT2D eigenvalue weighted by molar-refractivity contribution is -0.134. The first kappa shape index (κ1) is 13.8. The molecule has 1 aromatic heterocycles. The molecule has 21 heavy (non-hydrogen) atoms. The van der Waals surface area contributed by atoms with Gasteiger partial charge in [-0.15, -0.1) is 0 Å². The van der Waals surface area contributed by atoms with Crippen LogP contribution < -0.4 is 5.73 Å². The van der Waals surface area contributed by atoms with Crippen molar-refractivity contribution in [2.24, 2.45) is 5.73 Å². The lowest BCUT2D eigenvalue weighted by Crippen LogP contribution is -2.39. The van der Waals surface area contributed by atoms with Crippen LogP contribution in [0.15, 0.2) is 54.9 Å². The largest absolute Gasteiger partial charge is 0.334 e. The van der Waals surface area contributed by atoms with Crippen molar-refractivity contribution in [2.45, 2.75) is 31.5 Å². The van der Waals surface area contributed by atoms with Crippen LogP contribution in [0.1, 0.15) is 30.0 Å². The standard InChI is InChI=1S/C17H19N3O/c18-16(14-6-2-1-3-7-14)17(21)20(15-8-9-15)12-13-5-4-10-19-11-13/h1-7,10-11,15-16H,8-9,12,18H2. The predicted octanol–water partition coefficient (Wildman–Crippen LogP) is 2.27. The maximum absolute atomic E-state index is 12.7. The Morgan fingerprint density at radius 1 is 1.24 bits per heavy atom. The zero-order valence-corrected chi connectivity index (χ0v) is 11.9. The molecule has 1 aromatic carbocycles. The van der Waals surface area contributed by atoms with Crippen LogP contribution in [0.5, 0.6) is 0 Å². The highest BCUT2D eigenvalue weighted by Gasteiger charge is 2.35. The van der Waals surface area contributed by atoms with E-state index in [1.54, 1.807) is 12.4 Å². The van der Waals surface area contributed by atoms with E-state index in [0.29, 0.717) is 12.6 Å². The van der Waals surface area contributed by atoms with E-state index in [9.17, 15) is 4.79 Å². The maximum atomic E-state index is 12.7. The quantitative estimate of drug-likeness (QED) is 0.914. The molecule has 1 amide bonds. The van der Waals surface area contributed by atoms with Crippen LogP contribution in [0.3, 0.4) is 0 Å². The van der Waals surface area contributed by atoms with Crippen LogP contribution in [-0.2, 0) is 11.3 Å². The van der Waals surface area contributed by atoms with Gasteiger partial charge in [-0.2, -0.15) is 0 Å². The minimum absolute atomic E-state index is 0.00690. The summed E-state index contributed by atoms with van der Waals surface area (Å²) in [6, 6.07) is 13.2. The molecule has 108 valence electrons. The second-order valence-electron chi connectivity index (χ2n) is 5.45. The Labute approximate surface area is 124 Å². The number of amides is 1. The highest BCUT2D eigenvalue weighted by atomic mass is 16.2. The molecule has 4 heteroatoms. The third-order valence-corrected chi connectivity index (χ3v) is 3.77. The second kappa shape index (κ2) is 6.06. The Hall–Kier alpha value is -2.20. The molecule has 1 heterocycles. The Morgan fingerprint density at radius 2 is 2.00 bits per heavy atom. The van der Waals surface area contributed by atoms with Crippen molar-refractivity contribution in [2.75, 3.05) is 0 Å². The van der Waals surface area contributed by atoms with Gasteiger partial charge in [-0.3, -0.25) is 9.78 Å². The third kappa shape index (κ3) is 3.28. The number of nitrogens with zero attached hydrogens (tertiary/aromatic N) is 2. The van der Waals surface area contributed by atoms with Crippen LogP contribution >= 0.6 is 0 Å². The number of pyridine rings is 1. The van der Waals surface area contributed by atoms with Crippen molar-refractivity contribution in [1.82, 2.24) is 9.88 Å². The van der Waals surface area contributed by atoms with Gasteiger partial charge in [0.1, 0.15) is 6.04 Å². The van der Waals surface area contributed by atoms with E-state index in [-0.39, 0.29) is 5.91 Å². The van der Waals surface area contributed by atoms with E-state index in [2.05, 4.69) is 4.98 Å².